The third-order valence-electron chi connectivity index (χ3n) is 5.40. The van der Waals surface area contributed by atoms with Gasteiger partial charge in [-0.05, 0) is 47.6 Å². The summed E-state index contributed by atoms with van der Waals surface area (Å²) in [6.07, 6.45) is -0.165. The molecule has 5 heteroatoms. The number of carbonyl (C=O) groups excluding carboxylic acids is 1. The van der Waals surface area contributed by atoms with Gasteiger partial charge in [-0.2, -0.15) is 0 Å². The Morgan fingerprint density at radius 1 is 0.958 bits per heavy atom. The summed E-state index contributed by atoms with van der Waals surface area (Å²) in [7, 11) is 0. The van der Waals surface area contributed by atoms with Crippen molar-refractivity contribution in [1.29, 1.82) is 0 Å². The van der Waals surface area contributed by atoms with Crippen LogP contribution in [0.4, 0.5) is 10.5 Å². The van der Waals surface area contributed by atoms with Crippen molar-refractivity contribution in [2.75, 3.05) is 18.4 Å². The van der Waals surface area contributed by atoms with E-state index in [1.54, 1.807) is 4.90 Å². The van der Waals surface area contributed by atoms with E-state index < -0.39 is 12.2 Å². The number of amides is 2. The monoisotopic (exact) mass is 326 g/mol. The number of urea groups is 1. The zero-order chi connectivity index (χ0) is 16.7. The molecule has 0 unspecified atom stereocenters. The van der Waals surface area contributed by atoms with Crippen molar-refractivity contribution in [3.63, 3.8) is 0 Å². The topological polar surface area (TPSA) is 72.8 Å². The van der Waals surface area contributed by atoms with Crippen molar-refractivity contribution in [2.24, 2.45) is 11.8 Å². The average molecular weight is 326 g/mol. The molecule has 1 heterocycles. The molecule has 1 saturated carbocycles. The predicted molar refractivity (Wildman–Crippen MR) is 92.8 cm³/mol. The zero-order valence-corrected chi connectivity index (χ0v) is 13.4. The Morgan fingerprint density at radius 2 is 1.58 bits per heavy atom. The minimum Gasteiger partial charge on any atom is -0.390 e. The van der Waals surface area contributed by atoms with Gasteiger partial charge in [0.25, 0.3) is 0 Å². The van der Waals surface area contributed by atoms with Crippen molar-refractivity contribution in [2.45, 2.75) is 25.0 Å². The van der Waals surface area contributed by atoms with Gasteiger partial charge in [-0.25, -0.2) is 4.79 Å². The maximum absolute atomic E-state index is 12.5. The Balaban J connectivity index is 1.44. The number of anilines is 1. The van der Waals surface area contributed by atoms with Crippen LogP contribution in [-0.2, 0) is 0 Å². The number of rotatable bonds is 1. The molecule has 0 aromatic heterocycles. The van der Waals surface area contributed by atoms with Gasteiger partial charge in [0.2, 0.25) is 0 Å². The molecule has 24 heavy (non-hydrogen) atoms. The van der Waals surface area contributed by atoms with Gasteiger partial charge >= 0.3 is 6.03 Å². The summed E-state index contributed by atoms with van der Waals surface area (Å²) in [5, 5.41) is 24.8. The number of hydrogen-bond donors (Lipinski definition) is 3. The van der Waals surface area contributed by atoms with Crippen LogP contribution in [0.25, 0.3) is 10.8 Å². The number of hydrogen-bond acceptors (Lipinski definition) is 3. The first kappa shape index (κ1) is 15.4. The fraction of sp³-hybridized carbons (Fsp3) is 0.421. The van der Waals surface area contributed by atoms with Gasteiger partial charge in [0.1, 0.15) is 0 Å². The summed E-state index contributed by atoms with van der Waals surface area (Å²) in [4.78, 5) is 14.3. The highest BCUT2D eigenvalue weighted by molar-refractivity contribution is 5.93. The quantitative estimate of drug-likeness (QED) is 0.753. The van der Waals surface area contributed by atoms with Crippen LogP contribution in [0.2, 0.25) is 0 Å². The molecular weight excluding hydrogens is 304 g/mol. The second kappa shape index (κ2) is 6.07. The van der Waals surface area contributed by atoms with E-state index >= 15 is 0 Å². The predicted octanol–water partition coefficient (Wildman–Crippen LogP) is 2.44. The second-order valence-electron chi connectivity index (χ2n) is 7.02. The van der Waals surface area contributed by atoms with Gasteiger partial charge in [0, 0.05) is 18.8 Å². The lowest BCUT2D eigenvalue weighted by molar-refractivity contribution is -0.0372. The molecule has 1 aliphatic heterocycles. The first-order chi connectivity index (χ1) is 11.6. The van der Waals surface area contributed by atoms with Crippen LogP contribution in [-0.4, -0.2) is 46.4 Å². The minimum absolute atomic E-state index is 0.108. The average Bonchev–Trinajstić information content (AvgIpc) is 2.98. The Morgan fingerprint density at radius 3 is 2.25 bits per heavy atom. The number of nitrogens with zero attached hydrogens (tertiary/aromatic N) is 1. The Bertz CT molecular complexity index is 745. The van der Waals surface area contributed by atoms with Crippen LogP contribution in [0, 0.1) is 11.8 Å². The summed E-state index contributed by atoms with van der Waals surface area (Å²) in [6.45, 7) is 1.29. The minimum atomic E-state index is -0.658. The number of benzene rings is 2. The largest absolute Gasteiger partial charge is 0.390 e. The van der Waals surface area contributed by atoms with Gasteiger partial charge < -0.3 is 20.4 Å². The van der Waals surface area contributed by atoms with Crippen LogP contribution in [0.3, 0.4) is 0 Å². The third kappa shape index (κ3) is 2.85. The van der Waals surface area contributed by atoms with Crippen molar-refractivity contribution >= 4 is 22.5 Å². The van der Waals surface area contributed by atoms with Crippen LogP contribution in [0.5, 0.6) is 0 Å². The van der Waals surface area contributed by atoms with Crippen molar-refractivity contribution in [1.82, 2.24) is 4.90 Å². The molecule has 0 bridgehead atoms. The van der Waals surface area contributed by atoms with E-state index in [1.807, 2.05) is 42.5 Å². The van der Waals surface area contributed by atoms with E-state index in [-0.39, 0.29) is 17.9 Å². The molecule has 4 atom stereocenters. The smallest absolute Gasteiger partial charge is 0.321 e. The highest BCUT2D eigenvalue weighted by Gasteiger charge is 2.42. The molecule has 2 fully saturated rings. The molecule has 4 rings (SSSR count). The lowest BCUT2D eigenvalue weighted by atomic mass is 9.79. The molecular formula is C19H22N2O3. The van der Waals surface area contributed by atoms with E-state index in [0.717, 1.165) is 16.5 Å². The Hall–Kier alpha value is -2.11. The number of aliphatic hydroxyl groups is 2. The molecule has 0 radical (unpaired) electrons. The molecule has 3 N–H and O–H groups in total. The standard InChI is InChI=1S/C19H22N2O3/c22-17-8-14-10-21(11-15(14)9-18(17)23)19(24)20-16-6-5-12-3-1-2-4-13(12)7-16/h1-7,14-15,17-18,22-23H,8-11H2,(H,20,24)/t14-,15+,17-,18-/m1/s1. The molecule has 2 amide bonds. The third-order valence-corrected chi connectivity index (χ3v) is 5.40. The summed E-state index contributed by atoms with van der Waals surface area (Å²) < 4.78 is 0. The molecule has 2 aromatic rings. The number of aliphatic hydroxyl groups excluding tert-OH is 2. The normalized spacial score (nSPS) is 29.5. The molecule has 2 aromatic carbocycles. The number of fused-ring (bicyclic) bond motifs is 2. The fourth-order valence-corrected chi connectivity index (χ4v) is 4.04. The van der Waals surface area contributed by atoms with E-state index in [2.05, 4.69) is 5.32 Å². The highest BCUT2D eigenvalue weighted by atomic mass is 16.3. The number of nitrogens with one attached hydrogen (secondary N) is 1. The first-order valence-corrected chi connectivity index (χ1v) is 8.51. The number of carbonyl (C=O) groups is 1. The summed E-state index contributed by atoms with van der Waals surface area (Å²) in [5.41, 5.74) is 0.786. The lowest BCUT2D eigenvalue weighted by Crippen LogP contribution is -2.38. The fourth-order valence-electron chi connectivity index (χ4n) is 4.04. The highest BCUT2D eigenvalue weighted by Crippen LogP contribution is 2.36. The molecule has 2 aliphatic rings. The van der Waals surface area contributed by atoms with Crippen molar-refractivity contribution < 1.29 is 15.0 Å². The van der Waals surface area contributed by atoms with Crippen molar-refractivity contribution in [3.05, 3.63) is 42.5 Å². The molecule has 126 valence electrons. The van der Waals surface area contributed by atoms with Crippen LogP contribution >= 0.6 is 0 Å². The van der Waals surface area contributed by atoms with E-state index in [4.69, 9.17) is 0 Å². The van der Waals surface area contributed by atoms with Gasteiger partial charge in [-0.15, -0.1) is 0 Å². The van der Waals surface area contributed by atoms with E-state index in [1.165, 1.54) is 0 Å². The maximum atomic E-state index is 12.5. The van der Waals surface area contributed by atoms with Gasteiger partial charge in [-0.3, -0.25) is 0 Å². The first-order valence-electron chi connectivity index (χ1n) is 8.51. The van der Waals surface area contributed by atoms with Crippen LogP contribution in [0.15, 0.2) is 42.5 Å². The summed E-state index contributed by atoms with van der Waals surface area (Å²) >= 11 is 0. The summed E-state index contributed by atoms with van der Waals surface area (Å²) in [6, 6.07) is 13.8. The summed E-state index contributed by atoms with van der Waals surface area (Å²) in [5.74, 6) is 0.566. The Labute approximate surface area is 140 Å². The van der Waals surface area contributed by atoms with Crippen molar-refractivity contribution in [3.8, 4) is 0 Å². The zero-order valence-electron chi connectivity index (χ0n) is 13.4. The molecule has 1 aliphatic carbocycles. The molecule has 1 saturated heterocycles. The van der Waals surface area contributed by atoms with E-state index in [9.17, 15) is 15.0 Å². The lowest BCUT2D eigenvalue weighted by Gasteiger charge is -2.31. The molecule has 0 spiro atoms. The Kier molecular flexibility index (Phi) is 3.90. The van der Waals surface area contributed by atoms with Gasteiger partial charge in [0.05, 0.1) is 12.2 Å². The molecule has 5 nitrogen and oxygen atoms in total. The van der Waals surface area contributed by atoms with Gasteiger partial charge in [-0.1, -0.05) is 30.3 Å². The number of likely N-dealkylation sites (tertiary alicyclic amines) is 1. The van der Waals surface area contributed by atoms with Crippen LogP contribution in [0.1, 0.15) is 12.8 Å². The second-order valence-corrected chi connectivity index (χ2v) is 7.02. The van der Waals surface area contributed by atoms with Crippen LogP contribution < -0.4 is 5.32 Å². The van der Waals surface area contributed by atoms with Gasteiger partial charge in [0.15, 0.2) is 0 Å². The van der Waals surface area contributed by atoms with E-state index in [0.29, 0.717) is 25.9 Å². The SMILES string of the molecule is O=C(Nc1ccc2ccccc2c1)N1C[C@H]2C[C@@H](O)[C@H](O)C[C@H]2C1. The maximum Gasteiger partial charge on any atom is 0.321 e.